The predicted octanol–water partition coefficient (Wildman–Crippen LogP) is -2.19. The third-order valence-corrected chi connectivity index (χ3v) is 9.81. The van der Waals surface area contributed by atoms with E-state index >= 15 is 0 Å². The van der Waals surface area contributed by atoms with Crippen LogP contribution >= 0.6 is 0 Å². The number of aliphatic hydroxyl groups excluding tert-OH is 6. The van der Waals surface area contributed by atoms with Gasteiger partial charge in [0.15, 0.2) is 36.3 Å². The summed E-state index contributed by atoms with van der Waals surface area (Å²) in [7, 11) is 1.39. The monoisotopic (exact) mass is 726 g/mol. The summed E-state index contributed by atoms with van der Waals surface area (Å²) < 4.78 is 51.2. The van der Waals surface area contributed by atoms with Crippen LogP contribution in [0.2, 0.25) is 0 Å². The van der Waals surface area contributed by atoms with Crippen molar-refractivity contribution in [1.29, 1.82) is 0 Å². The first-order chi connectivity index (χ1) is 24.3. The Labute approximate surface area is 291 Å². The number of carbonyl (C=O) groups excluding carboxylic acids is 2. The minimum Gasteiger partial charge on any atom is -0.504 e. The third kappa shape index (κ3) is 7.06. The fourth-order valence-electron chi connectivity index (χ4n) is 7.20. The van der Waals surface area contributed by atoms with E-state index in [-0.39, 0.29) is 11.5 Å². The van der Waals surface area contributed by atoms with Crippen LogP contribution in [0, 0.1) is 11.8 Å². The Balaban J connectivity index is 1.18. The number of hydrogen-bond donors (Lipinski definition) is 7. The first-order valence-corrected chi connectivity index (χ1v) is 16.3. The van der Waals surface area contributed by atoms with E-state index in [0.29, 0.717) is 5.56 Å². The van der Waals surface area contributed by atoms with E-state index in [9.17, 15) is 45.3 Å². The van der Waals surface area contributed by atoms with Crippen LogP contribution in [-0.2, 0) is 47.5 Å². The van der Waals surface area contributed by atoms with Gasteiger partial charge in [-0.1, -0.05) is 6.07 Å². The van der Waals surface area contributed by atoms with Crippen molar-refractivity contribution >= 4 is 18.0 Å². The van der Waals surface area contributed by atoms with E-state index in [0.717, 1.165) is 13.0 Å². The molecule has 0 radical (unpaired) electrons. The van der Waals surface area contributed by atoms with Crippen LogP contribution in [0.1, 0.15) is 19.4 Å². The number of ether oxygens (including phenoxy) is 9. The molecule has 5 aliphatic rings. The second kappa shape index (κ2) is 14.9. The van der Waals surface area contributed by atoms with E-state index in [1.807, 2.05) is 0 Å². The van der Waals surface area contributed by atoms with Crippen LogP contribution < -0.4 is 4.74 Å². The number of phenols is 1. The zero-order chi connectivity index (χ0) is 36.8. The van der Waals surface area contributed by atoms with Crippen molar-refractivity contribution in [1.82, 2.24) is 0 Å². The summed E-state index contributed by atoms with van der Waals surface area (Å²) in [6, 6.07) is 4.46. The molecular formula is C33H42O18. The first kappa shape index (κ1) is 37.4. The van der Waals surface area contributed by atoms with E-state index < -0.39 is 122 Å². The quantitative estimate of drug-likeness (QED) is 0.0726. The zero-order valence-electron chi connectivity index (χ0n) is 27.7. The number of methoxy groups -OCH3 is 1. The number of esters is 2. The van der Waals surface area contributed by atoms with Crippen LogP contribution in [0.5, 0.6) is 11.5 Å². The number of phenolic OH excluding ortho intramolecular Hbond substituents is 1. The molecule has 4 fully saturated rings. The average molecular weight is 727 g/mol. The zero-order valence-corrected chi connectivity index (χ0v) is 27.7. The smallest absolute Gasteiger partial charge is 0.331 e. The Hall–Kier alpha value is -3.40. The highest BCUT2D eigenvalue weighted by Gasteiger charge is 2.77. The summed E-state index contributed by atoms with van der Waals surface area (Å²) in [6.07, 6.45) is -12.2. The fraction of sp³-hybridized carbons (Fsp3) is 0.636. The van der Waals surface area contributed by atoms with Gasteiger partial charge in [0.2, 0.25) is 6.29 Å². The molecule has 1 aromatic rings. The largest absolute Gasteiger partial charge is 0.504 e. The molecule has 0 aromatic heterocycles. The number of carbonyl (C=O) groups is 2. The number of epoxide rings is 1. The van der Waals surface area contributed by atoms with Gasteiger partial charge in [0.25, 0.3) is 0 Å². The molecule has 51 heavy (non-hydrogen) atoms. The molecule has 1 aromatic carbocycles. The third-order valence-electron chi connectivity index (χ3n) is 9.81. The number of aromatic hydroxyl groups is 1. The Morgan fingerprint density at radius 1 is 0.922 bits per heavy atom. The molecule has 0 spiro atoms. The molecule has 4 heterocycles. The number of fused-ring (bicyclic) bond motifs is 3. The highest BCUT2D eigenvalue weighted by Crippen LogP contribution is 2.61. The Bertz CT molecular complexity index is 1480. The molecule has 18 heteroatoms. The van der Waals surface area contributed by atoms with Gasteiger partial charge < -0.3 is 78.4 Å². The summed E-state index contributed by atoms with van der Waals surface area (Å²) in [6.45, 7) is 1.50. The van der Waals surface area contributed by atoms with Gasteiger partial charge in [-0.05, 0) is 36.8 Å². The van der Waals surface area contributed by atoms with Gasteiger partial charge in [-0.2, -0.15) is 0 Å². The molecular weight excluding hydrogens is 684 g/mol. The first-order valence-electron chi connectivity index (χ1n) is 16.3. The molecule has 0 amide bonds. The van der Waals surface area contributed by atoms with Crippen molar-refractivity contribution in [3.63, 3.8) is 0 Å². The van der Waals surface area contributed by atoms with Crippen LogP contribution in [-0.4, -0.2) is 154 Å². The van der Waals surface area contributed by atoms with E-state index in [1.54, 1.807) is 12.1 Å². The van der Waals surface area contributed by atoms with Crippen molar-refractivity contribution in [2.24, 2.45) is 11.8 Å². The van der Waals surface area contributed by atoms with Gasteiger partial charge in [0.1, 0.15) is 42.2 Å². The molecule has 1 saturated carbocycles. The minimum absolute atomic E-state index is 0.151. The van der Waals surface area contributed by atoms with E-state index in [1.165, 1.54) is 38.5 Å². The topological polar surface area (TPSA) is 262 Å². The van der Waals surface area contributed by atoms with Crippen molar-refractivity contribution in [3.8, 4) is 11.5 Å². The van der Waals surface area contributed by atoms with E-state index in [2.05, 4.69) is 0 Å². The number of hydrogen-bond acceptors (Lipinski definition) is 18. The molecule has 0 bridgehead atoms. The second-order valence-electron chi connectivity index (χ2n) is 13.0. The Kier molecular flexibility index (Phi) is 10.9. The SMILES string of the molecule is COc1ccc(C=CC(=O)O[C@H]2[C@@H](O)[C@H](O[C@H]3[C@@H]4C=CO[C@@H](O[C@@H]5O[C@H](CO)[C@@H](O)[C@H](O)[C@H]5O)[C@@H]4[C@@]4(CO)O[C@@H]34)O[C@@H](C)[C@@H]2OC(C)=O)cc1O. The molecule has 7 N–H and O–H groups in total. The highest BCUT2D eigenvalue weighted by atomic mass is 16.8. The summed E-state index contributed by atoms with van der Waals surface area (Å²) in [5.41, 5.74) is -0.827. The molecule has 16 atom stereocenters. The van der Waals surface area contributed by atoms with Gasteiger partial charge in [-0.15, -0.1) is 0 Å². The average Bonchev–Trinajstić information content (AvgIpc) is 3.78. The molecule has 4 aliphatic heterocycles. The number of benzene rings is 1. The van der Waals surface area contributed by atoms with Crippen LogP contribution in [0.25, 0.3) is 6.08 Å². The van der Waals surface area contributed by atoms with Crippen molar-refractivity contribution < 1.29 is 88.0 Å². The van der Waals surface area contributed by atoms with Crippen LogP contribution in [0.15, 0.2) is 36.6 Å². The molecule has 6 rings (SSSR count). The Morgan fingerprint density at radius 2 is 1.67 bits per heavy atom. The highest BCUT2D eigenvalue weighted by molar-refractivity contribution is 5.87. The Morgan fingerprint density at radius 3 is 2.33 bits per heavy atom. The predicted molar refractivity (Wildman–Crippen MR) is 165 cm³/mol. The van der Waals surface area contributed by atoms with Crippen LogP contribution in [0.4, 0.5) is 0 Å². The second-order valence-corrected chi connectivity index (χ2v) is 13.0. The van der Waals surface area contributed by atoms with Crippen LogP contribution in [0.3, 0.4) is 0 Å². The summed E-state index contributed by atoms with van der Waals surface area (Å²) in [5, 5.41) is 72.5. The molecule has 282 valence electrons. The summed E-state index contributed by atoms with van der Waals surface area (Å²) in [4.78, 5) is 24.9. The van der Waals surface area contributed by atoms with Gasteiger partial charge in [0.05, 0.1) is 44.7 Å². The standard InChI is InChI=1S/C33H42O18/c1-13-26(46-14(2)36)28(48-20(38)7-5-15-4-6-18(43-3)17(37)10-15)25(42)32(45-13)49-27-16-8-9-44-30(21(16)33(12-35)29(27)51-33)50-31-24(41)23(40)22(39)19(11-34)47-31/h4-10,13,16,19,21-32,34-35,37,39-42H,11-12H2,1-3H3/t13-,16+,19+,21+,22+,23-,24+,25+,26-,27-,28-,29-,30-,31-,32-,33+/m0/s1. The summed E-state index contributed by atoms with van der Waals surface area (Å²) >= 11 is 0. The lowest BCUT2D eigenvalue weighted by Gasteiger charge is -2.44. The normalized spacial score (nSPS) is 42.8. The van der Waals surface area contributed by atoms with Gasteiger partial charge in [-0.3, -0.25) is 4.79 Å². The minimum atomic E-state index is -1.72. The van der Waals surface area contributed by atoms with E-state index in [4.69, 9.17) is 42.6 Å². The maximum atomic E-state index is 13.0. The molecule has 0 unspecified atom stereocenters. The lowest BCUT2D eigenvalue weighted by atomic mass is 9.85. The maximum Gasteiger partial charge on any atom is 0.331 e. The van der Waals surface area contributed by atoms with Gasteiger partial charge in [0, 0.05) is 18.9 Å². The summed E-state index contributed by atoms with van der Waals surface area (Å²) in [5.74, 6) is -2.95. The van der Waals surface area contributed by atoms with Crippen molar-refractivity contribution in [2.45, 2.75) is 99.4 Å². The van der Waals surface area contributed by atoms with Gasteiger partial charge >= 0.3 is 11.9 Å². The van der Waals surface area contributed by atoms with Gasteiger partial charge in [-0.25, -0.2) is 4.79 Å². The molecule has 18 nitrogen and oxygen atoms in total. The number of aliphatic hydroxyl groups is 6. The lowest BCUT2D eigenvalue weighted by Crippen LogP contribution is -2.61. The van der Waals surface area contributed by atoms with Crippen molar-refractivity contribution in [3.05, 3.63) is 42.2 Å². The maximum absolute atomic E-state index is 13.0. The fourth-order valence-corrected chi connectivity index (χ4v) is 7.20. The van der Waals surface area contributed by atoms with Crippen molar-refractivity contribution in [2.75, 3.05) is 20.3 Å². The lowest BCUT2D eigenvalue weighted by molar-refractivity contribution is -0.347. The molecule has 3 saturated heterocycles. The molecule has 1 aliphatic carbocycles. The number of rotatable bonds is 11.